The van der Waals surface area contributed by atoms with E-state index in [2.05, 4.69) is 33.6 Å². The summed E-state index contributed by atoms with van der Waals surface area (Å²) in [4.78, 5) is 6.94. The number of aromatic nitrogens is 2. The Bertz CT molecular complexity index is 400. The second-order valence-corrected chi connectivity index (χ2v) is 6.31. The lowest BCUT2D eigenvalue weighted by atomic mass is 10.0. The minimum absolute atomic E-state index is 0.496. The standard InChI is InChI=1S/C15H26N4/c1-12(2)19-11-16-9-15(19)10-17-13-5-7-18(8-6-13)14-3-4-14/h9,11-14,17H,3-8,10H2,1-2H3. The molecule has 0 unspecified atom stereocenters. The van der Waals surface area contributed by atoms with E-state index in [-0.39, 0.29) is 0 Å². The van der Waals surface area contributed by atoms with Crippen molar-refractivity contribution in [3.63, 3.8) is 0 Å². The molecule has 106 valence electrons. The van der Waals surface area contributed by atoms with Crippen molar-refractivity contribution >= 4 is 0 Å². The zero-order chi connectivity index (χ0) is 13.2. The molecule has 19 heavy (non-hydrogen) atoms. The first-order valence-electron chi connectivity index (χ1n) is 7.72. The fourth-order valence-corrected chi connectivity index (χ4v) is 3.09. The van der Waals surface area contributed by atoms with E-state index in [1.165, 1.54) is 44.5 Å². The Morgan fingerprint density at radius 1 is 1.26 bits per heavy atom. The van der Waals surface area contributed by atoms with Gasteiger partial charge in [-0.2, -0.15) is 0 Å². The number of hydrogen-bond acceptors (Lipinski definition) is 3. The lowest BCUT2D eigenvalue weighted by Gasteiger charge is -2.32. The number of rotatable bonds is 5. The fraction of sp³-hybridized carbons (Fsp3) is 0.800. The smallest absolute Gasteiger partial charge is 0.0951 e. The summed E-state index contributed by atoms with van der Waals surface area (Å²) in [5.41, 5.74) is 1.31. The largest absolute Gasteiger partial charge is 0.331 e. The summed E-state index contributed by atoms with van der Waals surface area (Å²) in [6.07, 6.45) is 9.40. The van der Waals surface area contributed by atoms with Crippen molar-refractivity contribution in [3.05, 3.63) is 18.2 Å². The zero-order valence-electron chi connectivity index (χ0n) is 12.2. The summed E-state index contributed by atoms with van der Waals surface area (Å²) in [6, 6.07) is 2.12. The van der Waals surface area contributed by atoms with E-state index in [0.717, 1.165) is 12.6 Å². The highest BCUT2D eigenvalue weighted by atomic mass is 15.2. The van der Waals surface area contributed by atoms with Crippen molar-refractivity contribution in [1.82, 2.24) is 19.8 Å². The van der Waals surface area contributed by atoms with Gasteiger partial charge in [-0.1, -0.05) is 0 Å². The summed E-state index contributed by atoms with van der Waals surface area (Å²) < 4.78 is 2.26. The van der Waals surface area contributed by atoms with Crippen LogP contribution in [-0.4, -0.2) is 39.6 Å². The SMILES string of the molecule is CC(C)n1cncc1CNC1CCN(C2CC2)CC1. The predicted molar refractivity (Wildman–Crippen MR) is 77.1 cm³/mol. The van der Waals surface area contributed by atoms with Gasteiger partial charge in [0.2, 0.25) is 0 Å². The molecule has 1 aromatic rings. The van der Waals surface area contributed by atoms with Crippen molar-refractivity contribution in [1.29, 1.82) is 0 Å². The maximum atomic E-state index is 4.27. The lowest BCUT2D eigenvalue weighted by Crippen LogP contribution is -2.43. The first-order valence-corrected chi connectivity index (χ1v) is 7.72. The minimum atomic E-state index is 0.496. The van der Waals surface area contributed by atoms with E-state index >= 15 is 0 Å². The molecule has 0 atom stereocenters. The molecule has 0 spiro atoms. The molecule has 4 heteroatoms. The van der Waals surface area contributed by atoms with Gasteiger partial charge < -0.3 is 14.8 Å². The Labute approximate surface area is 116 Å². The van der Waals surface area contributed by atoms with E-state index in [4.69, 9.17) is 0 Å². The van der Waals surface area contributed by atoms with Crippen LogP contribution in [0.3, 0.4) is 0 Å². The van der Waals surface area contributed by atoms with E-state index in [1.54, 1.807) is 0 Å². The third-order valence-electron chi connectivity index (χ3n) is 4.47. The van der Waals surface area contributed by atoms with Gasteiger partial charge in [-0.05, 0) is 52.6 Å². The minimum Gasteiger partial charge on any atom is -0.331 e. The average molecular weight is 262 g/mol. The van der Waals surface area contributed by atoms with Gasteiger partial charge in [0.15, 0.2) is 0 Å². The van der Waals surface area contributed by atoms with Crippen LogP contribution in [0.25, 0.3) is 0 Å². The summed E-state index contributed by atoms with van der Waals surface area (Å²) in [6.45, 7) is 7.93. The quantitative estimate of drug-likeness (QED) is 0.883. The van der Waals surface area contributed by atoms with Crippen LogP contribution in [-0.2, 0) is 6.54 Å². The fourth-order valence-electron chi connectivity index (χ4n) is 3.09. The van der Waals surface area contributed by atoms with Crippen molar-refractivity contribution in [3.8, 4) is 0 Å². The number of nitrogens with one attached hydrogen (secondary N) is 1. The van der Waals surface area contributed by atoms with Gasteiger partial charge in [0, 0.05) is 30.9 Å². The second-order valence-electron chi connectivity index (χ2n) is 6.31. The summed E-state index contributed by atoms with van der Waals surface area (Å²) in [5, 5.41) is 3.71. The average Bonchev–Trinajstić information content (AvgIpc) is 3.15. The summed E-state index contributed by atoms with van der Waals surface area (Å²) in [7, 11) is 0. The van der Waals surface area contributed by atoms with Crippen LogP contribution in [0.2, 0.25) is 0 Å². The van der Waals surface area contributed by atoms with Crippen molar-refractivity contribution in [2.45, 2.75) is 64.2 Å². The number of imidazole rings is 1. The van der Waals surface area contributed by atoms with E-state index in [0.29, 0.717) is 12.1 Å². The maximum absolute atomic E-state index is 4.27. The molecule has 1 N–H and O–H groups in total. The molecule has 3 rings (SSSR count). The monoisotopic (exact) mass is 262 g/mol. The van der Waals surface area contributed by atoms with Gasteiger partial charge in [-0.25, -0.2) is 4.98 Å². The van der Waals surface area contributed by atoms with Gasteiger partial charge >= 0.3 is 0 Å². The molecule has 0 aromatic carbocycles. The Balaban J connectivity index is 1.46. The highest BCUT2D eigenvalue weighted by molar-refractivity contribution is 5.00. The lowest BCUT2D eigenvalue weighted by molar-refractivity contribution is 0.188. The normalized spacial score (nSPS) is 22.3. The topological polar surface area (TPSA) is 33.1 Å². The molecular weight excluding hydrogens is 236 g/mol. The Kier molecular flexibility index (Phi) is 3.89. The molecule has 0 amide bonds. The number of piperidine rings is 1. The van der Waals surface area contributed by atoms with E-state index < -0.39 is 0 Å². The molecule has 4 nitrogen and oxygen atoms in total. The highest BCUT2D eigenvalue weighted by Gasteiger charge is 2.31. The first-order chi connectivity index (χ1) is 9.24. The van der Waals surface area contributed by atoms with Gasteiger partial charge in [-0.3, -0.25) is 0 Å². The molecule has 2 fully saturated rings. The van der Waals surface area contributed by atoms with Crippen LogP contribution in [0, 0.1) is 0 Å². The predicted octanol–water partition coefficient (Wildman–Crippen LogP) is 2.18. The highest BCUT2D eigenvalue weighted by Crippen LogP contribution is 2.29. The molecule has 1 aliphatic heterocycles. The summed E-state index contributed by atoms with van der Waals surface area (Å²) in [5.74, 6) is 0. The molecule has 1 saturated heterocycles. The van der Waals surface area contributed by atoms with Gasteiger partial charge in [0.1, 0.15) is 0 Å². The van der Waals surface area contributed by atoms with E-state index in [1.807, 2.05) is 12.5 Å². The third-order valence-corrected chi connectivity index (χ3v) is 4.47. The first kappa shape index (κ1) is 13.1. The second kappa shape index (κ2) is 5.63. The van der Waals surface area contributed by atoms with Gasteiger partial charge in [0.25, 0.3) is 0 Å². The molecule has 1 aromatic heterocycles. The van der Waals surface area contributed by atoms with Crippen molar-refractivity contribution in [2.24, 2.45) is 0 Å². The number of likely N-dealkylation sites (tertiary alicyclic amines) is 1. The van der Waals surface area contributed by atoms with Crippen LogP contribution in [0.1, 0.15) is 51.3 Å². The van der Waals surface area contributed by atoms with Gasteiger partial charge in [-0.15, -0.1) is 0 Å². The van der Waals surface area contributed by atoms with E-state index in [9.17, 15) is 0 Å². The van der Waals surface area contributed by atoms with Crippen molar-refractivity contribution in [2.75, 3.05) is 13.1 Å². The summed E-state index contributed by atoms with van der Waals surface area (Å²) >= 11 is 0. The molecule has 1 aliphatic carbocycles. The van der Waals surface area contributed by atoms with Crippen molar-refractivity contribution < 1.29 is 0 Å². The Morgan fingerprint density at radius 3 is 2.63 bits per heavy atom. The Hall–Kier alpha value is -0.870. The van der Waals surface area contributed by atoms with Crippen LogP contribution in [0.5, 0.6) is 0 Å². The van der Waals surface area contributed by atoms with Crippen LogP contribution < -0.4 is 5.32 Å². The number of hydrogen-bond donors (Lipinski definition) is 1. The molecule has 1 saturated carbocycles. The molecule has 2 heterocycles. The number of nitrogens with zero attached hydrogens (tertiary/aromatic N) is 3. The molecule has 2 aliphatic rings. The Morgan fingerprint density at radius 2 is 2.00 bits per heavy atom. The maximum Gasteiger partial charge on any atom is 0.0951 e. The zero-order valence-corrected chi connectivity index (χ0v) is 12.2. The molecular formula is C15H26N4. The van der Waals surface area contributed by atoms with Gasteiger partial charge in [0.05, 0.1) is 12.0 Å². The molecule has 0 bridgehead atoms. The van der Waals surface area contributed by atoms with Crippen LogP contribution >= 0.6 is 0 Å². The van der Waals surface area contributed by atoms with Crippen LogP contribution in [0.4, 0.5) is 0 Å². The van der Waals surface area contributed by atoms with Crippen LogP contribution in [0.15, 0.2) is 12.5 Å². The third kappa shape index (κ3) is 3.18. The molecule has 0 radical (unpaired) electrons.